The van der Waals surface area contributed by atoms with Crippen molar-refractivity contribution < 1.29 is 4.74 Å². The average molecular weight is 251 g/mol. The molecule has 0 amide bonds. The van der Waals surface area contributed by atoms with Crippen LogP contribution < -0.4 is 5.32 Å². The van der Waals surface area contributed by atoms with E-state index in [0.717, 1.165) is 17.5 Å². The lowest BCUT2D eigenvalue weighted by atomic mass is 9.71. The molecule has 0 aromatic carbocycles. The van der Waals surface area contributed by atoms with Gasteiger partial charge in [-0.3, -0.25) is 0 Å². The minimum atomic E-state index is 0.521. The van der Waals surface area contributed by atoms with Crippen LogP contribution in [0.25, 0.3) is 0 Å². The van der Waals surface area contributed by atoms with Gasteiger partial charge in [-0.1, -0.05) is 12.8 Å². The van der Waals surface area contributed by atoms with Crippen LogP contribution in [0.15, 0.2) is 0 Å². The fourth-order valence-corrected chi connectivity index (χ4v) is 4.66. The van der Waals surface area contributed by atoms with Crippen molar-refractivity contribution in [1.82, 2.24) is 5.32 Å². The first kappa shape index (κ1) is 12.9. The number of methoxy groups -OCH3 is 1. The molecule has 18 heavy (non-hydrogen) atoms. The van der Waals surface area contributed by atoms with Gasteiger partial charge in [-0.25, -0.2) is 0 Å². The van der Waals surface area contributed by atoms with E-state index in [0.29, 0.717) is 6.10 Å². The SMILES string of the molecule is COC1CCC(NC2CCC3(CCCC3)CC2)C1. The average Bonchev–Trinajstić information content (AvgIpc) is 3.02. The van der Waals surface area contributed by atoms with Crippen molar-refractivity contribution in [1.29, 1.82) is 0 Å². The second-order valence-corrected chi connectivity index (χ2v) is 7.02. The highest BCUT2D eigenvalue weighted by atomic mass is 16.5. The molecule has 0 radical (unpaired) electrons. The van der Waals surface area contributed by atoms with Gasteiger partial charge in [-0.2, -0.15) is 0 Å². The van der Waals surface area contributed by atoms with Crippen LogP contribution in [0.2, 0.25) is 0 Å². The molecule has 3 aliphatic rings. The molecule has 0 bridgehead atoms. The lowest BCUT2D eigenvalue weighted by Gasteiger charge is -2.38. The second kappa shape index (κ2) is 5.50. The lowest BCUT2D eigenvalue weighted by molar-refractivity contribution is 0.105. The Hall–Kier alpha value is -0.0800. The van der Waals surface area contributed by atoms with Crippen LogP contribution in [0.4, 0.5) is 0 Å². The largest absolute Gasteiger partial charge is 0.381 e. The molecule has 1 N–H and O–H groups in total. The summed E-state index contributed by atoms with van der Waals surface area (Å²) >= 11 is 0. The third-order valence-corrected chi connectivity index (χ3v) is 5.90. The third-order valence-electron chi connectivity index (χ3n) is 5.90. The first-order valence-electron chi connectivity index (χ1n) is 8.09. The van der Waals surface area contributed by atoms with E-state index < -0.39 is 0 Å². The Morgan fingerprint density at radius 1 is 0.889 bits per heavy atom. The van der Waals surface area contributed by atoms with Gasteiger partial charge in [0.15, 0.2) is 0 Å². The van der Waals surface area contributed by atoms with Crippen LogP contribution >= 0.6 is 0 Å². The van der Waals surface area contributed by atoms with E-state index in [2.05, 4.69) is 5.32 Å². The van der Waals surface area contributed by atoms with Crippen LogP contribution in [0.1, 0.15) is 70.6 Å². The highest BCUT2D eigenvalue weighted by Gasteiger charge is 2.38. The Morgan fingerprint density at radius 3 is 2.22 bits per heavy atom. The summed E-state index contributed by atoms with van der Waals surface area (Å²) in [7, 11) is 1.86. The zero-order chi connectivity index (χ0) is 12.4. The number of hydrogen-bond acceptors (Lipinski definition) is 2. The van der Waals surface area contributed by atoms with Gasteiger partial charge in [-0.15, -0.1) is 0 Å². The summed E-state index contributed by atoms with van der Waals surface area (Å²) < 4.78 is 5.47. The Morgan fingerprint density at radius 2 is 1.61 bits per heavy atom. The zero-order valence-electron chi connectivity index (χ0n) is 11.9. The van der Waals surface area contributed by atoms with Crippen LogP contribution in [0.3, 0.4) is 0 Å². The molecule has 0 aromatic rings. The van der Waals surface area contributed by atoms with Gasteiger partial charge in [0.25, 0.3) is 0 Å². The molecule has 2 nitrogen and oxygen atoms in total. The van der Waals surface area contributed by atoms with Crippen LogP contribution in [-0.2, 0) is 4.74 Å². The molecule has 3 fully saturated rings. The van der Waals surface area contributed by atoms with Gasteiger partial charge in [0.1, 0.15) is 0 Å². The third kappa shape index (κ3) is 2.75. The van der Waals surface area contributed by atoms with Crippen molar-refractivity contribution in [3.63, 3.8) is 0 Å². The number of ether oxygens (including phenoxy) is 1. The standard InChI is InChI=1S/C16H29NO/c1-18-15-5-4-14(12-15)17-13-6-10-16(11-7-13)8-2-3-9-16/h13-15,17H,2-12H2,1H3. The quantitative estimate of drug-likeness (QED) is 0.826. The van der Waals surface area contributed by atoms with Gasteiger partial charge in [0.05, 0.1) is 6.10 Å². The molecular formula is C16H29NO. The second-order valence-electron chi connectivity index (χ2n) is 7.02. The molecule has 3 saturated carbocycles. The summed E-state index contributed by atoms with van der Waals surface area (Å²) in [5.74, 6) is 0. The predicted molar refractivity (Wildman–Crippen MR) is 74.7 cm³/mol. The Kier molecular flexibility index (Phi) is 3.95. The van der Waals surface area contributed by atoms with E-state index in [4.69, 9.17) is 4.74 Å². The first-order valence-corrected chi connectivity index (χ1v) is 8.09. The number of nitrogens with one attached hydrogen (secondary N) is 1. The topological polar surface area (TPSA) is 21.3 Å². The fraction of sp³-hybridized carbons (Fsp3) is 1.00. The maximum absolute atomic E-state index is 5.47. The Labute approximate surface area is 112 Å². The van der Waals surface area contributed by atoms with Gasteiger partial charge >= 0.3 is 0 Å². The van der Waals surface area contributed by atoms with E-state index in [-0.39, 0.29) is 0 Å². The van der Waals surface area contributed by atoms with Crippen molar-refractivity contribution in [3.05, 3.63) is 0 Å². The summed E-state index contributed by atoms with van der Waals surface area (Å²) in [6, 6.07) is 1.54. The molecule has 2 atom stereocenters. The van der Waals surface area contributed by atoms with Crippen molar-refractivity contribution in [3.8, 4) is 0 Å². The molecule has 3 rings (SSSR count). The highest BCUT2D eigenvalue weighted by molar-refractivity contribution is 4.93. The molecule has 104 valence electrons. The minimum Gasteiger partial charge on any atom is -0.381 e. The maximum Gasteiger partial charge on any atom is 0.0586 e. The smallest absolute Gasteiger partial charge is 0.0586 e. The Bertz CT molecular complexity index is 262. The predicted octanol–water partition coefficient (Wildman–Crippen LogP) is 3.65. The van der Waals surface area contributed by atoms with E-state index in [1.807, 2.05) is 7.11 Å². The molecule has 0 heterocycles. The molecule has 0 aliphatic heterocycles. The summed E-state index contributed by atoms with van der Waals surface area (Å²) in [6.45, 7) is 0. The van der Waals surface area contributed by atoms with Gasteiger partial charge in [0.2, 0.25) is 0 Å². The zero-order valence-corrected chi connectivity index (χ0v) is 11.9. The molecule has 0 aromatic heterocycles. The van der Waals surface area contributed by atoms with E-state index in [1.165, 1.54) is 70.6 Å². The number of rotatable bonds is 3. The first-order chi connectivity index (χ1) is 8.80. The maximum atomic E-state index is 5.47. The molecule has 2 unspecified atom stereocenters. The Balaban J connectivity index is 1.43. The van der Waals surface area contributed by atoms with E-state index in [9.17, 15) is 0 Å². The van der Waals surface area contributed by atoms with E-state index >= 15 is 0 Å². The van der Waals surface area contributed by atoms with Gasteiger partial charge < -0.3 is 10.1 Å². The summed E-state index contributed by atoms with van der Waals surface area (Å²) in [5, 5.41) is 3.91. The fourth-order valence-electron chi connectivity index (χ4n) is 4.66. The summed E-state index contributed by atoms with van der Waals surface area (Å²) in [6.07, 6.45) is 16.2. The monoisotopic (exact) mass is 251 g/mol. The molecule has 2 heteroatoms. The summed E-state index contributed by atoms with van der Waals surface area (Å²) in [5.41, 5.74) is 0.781. The molecule has 1 spiro atoms. The normalized spacial score (nSPS) is 36.5. The van der Waals surface area contributed by atoms with Crippen molar-refractivity contribution in [2.45, 2.75) is 88.8 Å². The van der Waals surface area contributed by atoms with Crippen LogP contribution in [0.5, 0.6) is 0 Å². The van der Waals surface area contributed by atoms with E-state index in [1.54, 1.807) is 0 Å². The summed E-state index contributed by atoms with van der Waals surface area (Å²) in [4.78, 5) is 0. The van der Waals surface area contributed by atoms with Crippen molar-refractivity contribution in [2.24, 2.45) is 5.41 Å². The molecule has 0 saturated heterocycles. The van der Waals surface area contributed by atoms with Gasteiger partial charge in [0, 0.05) is 19.2 Å². The lowest BCUT2D eigenvalue weighted by Crippen LogP contribution is -2.41. The van der Waals surface area contributed by atoms with Gasteiger partial charge in [-0.05, 0) is 63.2 Å². The number of hydrogen-bond donors (Lipinski definition) is 1. The van der Waals surface area contributed by atoms with Crippen molar-refractivity contribution in [2.75, 3.05) is 7.11 Å². The highest BCUT2D eigenvalue weighted by Crippen LogP contribution is 2.49. The molecule has 3 aliphatic carbocycles. The van der Waals surface area contributed by atoms with Crippen molar-refractivity contribution >= 4 is 0 Å². The van der Waals surface area contributed by atoms with Crippen LogP contribution in [0, 0.1) is 5.41 Å². The molecular weight excluding hydrogens is 222 g/mol. The minimum absolute atomic E-state index is 0.521. The van der Waals surface area contributed by atoms with Crippen LogP contribution in [-0.4, -0.2) is 25.3 Å².